The smallest absolute Gasteiger partial charge is 0.232 e. The zero-order valence-corrected chi connectivity index (χ0v) is 12.7. The fraction of sp³-hybridized carbons (Fsp3) is 0.562. The van der Waals surface area contributed by atoms with E-state index in [2.05, 4.69) is 13.8 Å². The van der Waals surface area contributed by atoms with Crippen LogP contribution in [0.2, 0.25) is 0 Å². The van der Waals surface area contributed by atoms with Gasteiger partial charge >= 0.3 is 0 Å². The van der Waals surface area contributed by atoms with Crippen LogP contribution < -0.4 is 5.73 Å². The van der Waals surface area contributed by atoms with Crippen LogP contribution in [0.4, 0.5) is 5.69 Å². The molecule has 0 saturated heterocycles. The topological polar surface area (TPSA) is 46.3 Å². The van der Waals surface area contributed by atoms with E-state index >= 15 is 0 Å². The number of carbonyl (C=O) groups is 1. The van der Waals surface area contributed by atoms with E-state index in [0.29, 0.717) is 0 Å². The third-order valence-electron chi connectivity index (χ3n) is 3.85. The van der Waals surface area contributed by atoms with Crippen molar-refractivity contribution in [1.29, 1.82) is 0 Å². The van der Waals surface area contributed by atoms with E-state index in [1.165, 1.54) is 0 Å². The molecule has 0 heterocycles. The Balaban J connectivity index is 2.92. The molecule has 1 aromatic rings. The predicted molar refractivity (Wildman–Crippen MR) is 81.0 cm³/mol. The highest BCUT2D eigenvalue weighted by atomic mass is 16.2. The summed E-state index contributed by atoms with van der Waals surface area (Å²) in [6.07, 6.45) is 2.11. The largest absolute Gasteiger partial charge is 0.399 e. The summed E-state index contributed by atoms with van der Waals surface area (Å²) in [5, 5.41) is 0. The van der Waals surface area contributed by atoms with Gasteiger partial charge < -0.3 is 10.6 Å². The normalized spacial score (nSPS) is 13.1. The second-order valence-electron chi connectivity index (χ2n) is 5.80. The Morgan fingerprint density at radius 2 is 1.84 bits per heavy atom. The standard InChI is InChI=1S/C16H26N2O/c1-6-7-12(2)18(5)15(19)16(3,4)13-8-10-14(17)11-9-13/h8-12H,6-7,17H2,1-5H3. The van der Waals surface area contributed by atoms with Crippen molar-refractivity contribution in [2.24, 2.45) is 0 Å². The van der Waals surface area contributed by atoms with Gasteiger partial charge in [-0.15, -0.1) is 0 Å². The van der Waals surface area contributed by atoms with Crippen LogP contribution in [0.5, 0.6) is 0 Å². The lowest BCUT2D eigenvalue weighted by atomic mass is 9.82. The molecule has 0 aliphatic heterocycles. The van der Waals surface area contributed by atoms with Gasteiger partial charge in [0.05, 0.1) is 5.41 Å². The van der Waals surface area contributed by atoms with Crippen LogP contribution in [-0.2, 0) is 10.2 Å². The summed E-state index contributed by atoms with van der Waals surface area (Å²) in [7, 11) is 1.89. The molecule has 1 rings (SSSR count). The molecule has 2 N–H and O–H groups in total. The van der Waals surface area contributed by atoms with Crippen molar-refractivity contribution in [3.05, 3.63) is 29.8 Å². The summed E-state index contributed by atoms with van der Waals surface area (Å²) in [5.74, 6) is 0.151. The average molecular weight is 262 g/mol. The van der Waals surface area contributed by atoms with E-state index in [0.717, 1.165) is 24.1 Å². The minimum atomic E-state index is -0.523. The van der Waals surface area contributed by atoms with Crippen LogP contribution >= 0.6 is 0 Å². The van der Waals surface area contributed by atoms with Crippen molar-refractivity contribution in [3.8, 4) is 0 Å². The fourth-order valence-corrected chi connectivity index (χ4v) is 2.28. The van der Waals surface area contributed by atoms with Crippen LogP contribution in [0, 0.1) is 0 Å². The number of rotatable bonds is 5. The maximum atomic E-state index is 12.7. The number of hydrogen-bond donors (Lipinski definition) is 1. The first-order valence-corrected chi connectivity index (χ1v) is 6.94. The molecule has 19 heavy (non-hydrogen) atoms. The third kappa shape index (κ3) is 3.49. The summed E-state index contributed by atoms with van der Waals surface area (Å²) >= 11 is 0. The number of nitrogens with zero attached hydrogens (tertiary/aromatic N) is 1. The van der Waals surface area contributed by atoms with Gasteiger partial charge in [0.25, 0.3) is 0 Å². The van der Waals surface area contributed by atoms with Crippen LogP contribution in [0.25, 0.3) is 0 Å². The van der Waals surface area contributed by atoms with Crippen molar-refractivity contribution in [2.75, 3.05) is 12.8 Å². The second-order valence-corrected chi connectivity index (χ2v) is 5.80. The maximum absolute atomic E-state index is 12.7. The van der Waals surface area contributed by atoms with Gasteiger partial charge in [-0.05, 0) is 44.9 Å². The number of anilines is 1. The van der Waals surface area contributed by atoms with Gasteiger partial charge in [-0.2, -0.15) is 0 Å². The van der Waals surface area contributed by atoms with E-state index < -0.39 is 5.41 Å². The lowest BCUT2D eigenvalue weighted by Gasteiger charge is -2.33. The first kappa shape index (κ1) is 15.5. The highest BCUT2D eigenvalue weighted by Gasteiger charge is 2.33. The number of carbonyl (C=O) groups excluding carboxylic acids is 1. The molecule has 1 atom stereocenters. The molecule has 1 aromatic carbocycles. The second kappa shape index (κ2) is 6.09. The molecule has 0 aliphatic rings. The van der Waals surface area contributed by atoms with Gasteiger partial charge in [0.2, 0.25) is 5.91 Å². The Hall–Kier alpha value is -1.51. The number of amides is 1. The average Bonchev–Trinajstić information content (AvgIpc) is 2.37. The van der Waals surface area contributed by atoms with E-state index in [1.807, 2.05) is 50.1 Å². The molecule has 0 bridgehead atoms. The monoisotopic (exact) mass is 262 g/mol. The Kier molecular flexibility index (Phi) is 4.98. The predicted octanol–water partition coefficient (Wildman–Crippen LogP) is 3.19. The van der Waals surface area contributed by atoms with Crippen molar-refractivity contribution in [1.82, 2.24) is 4.90 Å². The maximum Gasteiger partial charge on any atom is 0.232 e. The quantitative estimate of drug-likeness (QED) is 0.828. The molecular weight excluding hydrogens is 236 g/mol. The lowest BCUT2D eigenvalue weighted by molar-refractivity contribution is -0.136. The van der Waals surface area contributed by atoms with Crippen molar-refractivity contribution in [3.63, 3.8) is 0 Å². The molecule has 1 amide bonds. The Morgan fingerprint density at radius 1 is 1.32 bits per heavy atom. The summed E-state index contributed by atoms with van der Waals surface area (Å²) in [4.78, 5) is 14.5. The van der Waals surface area contributed by atoms with Crippen molar-refractivity contribution in [2.45, 2.75) is 52.0 Å². The Bertz CT molecular complexity index is 423. The van der Waals surface area contributed by atoms with Crippen molar-refractivity contribution >= 4 is 11.6 Å². The molecule has 0 saturated carbocycles. The summed E-state index contributed by atoms with van der Waals surface area (Å²) in [6, 6.07) is 7.84. The van der Waals surface area contributed by atoms with Gasteiger partial charge in [0.1, 0.15) is 0 Å². The third-order valence-corrected chi connectivity index (χ3v) is 3.85. The van der Waals surface area contributed by atoms with E-state index in [4.69, 9.17) is 5.73 Å². The van der Waals surface area contributed by atoms with Crippen LogP contribution in [0.1, 0.15) is 46.1 Å². The van der Waals surface area contributed by atoms with Crippen LogP contribution in [-0.4, -0.2) is 23.9 Å². The van der Waals surface area contributed by atoms with E-state index in [9.17, 15) is 4.79 Å². The molecule has 0 spiro atoms. The highest BCUT2D eigenvalue weighted by Crippen LogP contribution is 2.27. The number of benzene rings is 1. The lowest BCUT2D eigenvalue weighted by Crippen LogP contribution is -2.45. The molecule has 0 aliphatic carbocycles. The van der Waals surface area contributed by atoms with Crippen LogP contribution in [0.15, 0.2) is 24.3 Å². The molecule has 106 valence electrons. The number of nitrogen functional groups attached to an aromatic ring is 1. The zero-order valence-electron chi connectivity index (χ0n) is 12.7. The Morgan fingerprint density at radius 3 is 2.32 bits per heavy atom. The number of hydrogen-bond acceptors (Lipinski definition) is 2. The summed E-state index contributed by atoms with van der Waals surface area (Å²) < 4.78 is 0. The first-order chi connectivity index (χ1) is 8.80. The zero-order chi connectivity index (χ0) is 14.6. The van der Waals surface area contributed by atoms with Gasteiger partial charge in [-0.25, -0.2) is 0 Å². The van der Waals surface area contributed by atoms with Crippen LogP contribution in [0.3, 0.4) is 0 Å². The van der Waals surface area contributed by atoms with Gasteiger partial charge in [-0.1, -0.05) is 25.5 Å². The molecule has 1 unspecified atom stereocenters. The minimum Gasteiger partial charge on any atom is -0.399 e. The van der Waals surface area contributed by atoms with Crippen molar-refractivity contribution < 1.29 is 4.79 Å². The van der Waals surface area contributed by atoms with Gasteiger partial charge in [0, 0.05) is 18.8 Å². The summed E-state index contributed by atoms with van der Waals surface area (Å²) in [6.45, 7) is 8.17. The van der Waals surface area contributed by atoms with Gasteiger partial charge in [0.15, 0.2) is 0 Å². The SMILES string of the molecule is CCCC(C)N(C)C(=O)C(C)(C)c1ccc(N)cc1. The van der Waals surface area contributed by atoms with Gasteiger partial charge in [-0.3, -0.25) is 4.79 Å². The fourth-order valence-electron chi connectivity index (χ4n) is 2.28. The molecule has 0 radical (unpaired) electrons. The highest BCUT2D eigenvalue weighted by molar-refractivity contribution is 5.87. The molecule has 0 aromatic heterocycles. The number of likely N-dealkylation sites (N-methyl/N-ethyl adjacent to an activating group) is 1. The molecular formula is C16H26N2O. The van der Waals surface area contributed by atoms with E-state index in [-0.39, 0.29) is 11.9 Å². The molecule has 3 heteroatoms. The minimum absolute atomic E-state index is 0.151. The molecule has 3 nitrogen and oxygen atoms in total. The first-order valence-electron chi connectivity index (χ1n) is 6.94. The number of nitrogens with two attached hydrogens (primary N) is 1. The molecule has 0 fully saturated rings. The van der Waals surface area contributed by atoms with E-state index in [1.54, 1.807) is 0 Å². The Labute approximate surface area is 116 Å². The summed E-state index contributed by atoms with van der Waals surface area (Å²) in [5.41, 5.74) is 6.90.